The summed E-state index contributed by atoms with van der Waals surface area (Å²) in [5, 5.41) is 4.61. The van der Waals surface area contributed by atoms with Gasteiger partial charge in [-0.1, -0.05) is 25.4 Å². The zero-order chi connectivity index (χ0) is 19.9. The van der Waals surface area contributed by atoms with Gasteiger partial charge in [0.2, 0.25) is 0 Å². The van der Waals surface area contributed by atoms with E-state index >= 15 is 0 Å². The molecular formula is C20H24ClN3O3. The maximum Gasteiger partial charge on any atom is 0.328 e. The number of hydrogen-bond donors (Lipinski definition) is 2. The Bertz CT molecular complexity index is 838. The Balaban J connectivity index is 2.08. The van der Waals surface area contributed by atoms with E-state index in [2.05, 4.69) is 43.2 Å². The van der Waals surface area contributed by atoms with Gasteiger partial charge in [-0.05, 0) is 61.9 Å². The minimum Gasteiger partial charge on any atom is -0.366 e. The molecule has 27 heavy (non-hydrogen) atoms. The lowest BCUT2D eigenvalue weighted by atomic mass is 9.79. The molecule has 1 atom stereocenters. The average Bonchev–Trinajstić information content (AvgIpc) is 2.55. The van der Waals surface area contributed by atoms with Crippen molar-refractivity contribution < 1.29 is 14.4 Å². The van der Waals surface area contributed by atoms with E-state index in [1.165, 1.54) is 6.08 Å². The Labute approximate surface area is 163 Å². The fourth-order valence-corrected chi connectivity index (χ4v) is 4.25. The van der Waals surface area contributed by atoms with Crippen LogP contribution in [0.1, 0.15) is 57.6 Å². The molecule has 1 saturated heterocycles. The zero-order valence-corrected chi connectivity index (χ0v) is 16.7. The molecule has 4 amide bonds. The number of anilines is 1. The van der Waals surface area contributed by atoms with E-state index in [0.29, 0.717) is 16.5 Å². The van der Waals surface area contributed by atoms with Crippen LogP contribution in [-0.4, -0.2) is 29.9 Å². The standard InChI is InChI=1S/C20H24ClN3O3/c1-5-6-24-16-9-15(21)12(7-13(16)11(2)10-20(24,3)4)8-14-17(25)22-19(27)23-18(14)26/h7-9,11H,5-6,10H2,1-4H3,(H2,22,23,25,26,27). The molecule has 2 heterocycles. The average molecular weight is 390 g/mol. The number of barbiturate groups is 1. The molecule has 7 heteroatoms. The molecule has 2 aliphatic rings. The van der Waals surface area contributed by atoms with Gasteiger partial charge in [0.05, 0.1) is 0 Å². The highest BCUT2D eigenvalue weighted by Crippen LogP contribution is 2.45. The van der Waals surface area contributed by atoms with Crippen LogP contribution in [0.4, 0.5) is 10.5 Å². The third-order valence-corrected chi connectivity index (χ3v) is 5.52. The van der Waals surface area contributed by atoms with Crippen LogP contribution in [0.25, 0.3) is 6.08 Å². The summed E-state index contributed by atoms with van der Waals surface area (Å²) in [4.78, 5) is 37.6. The summed E-state index contributed by atoms with van der Waals surface area (Å²) in [5.41, 5.74) is 2.72. The number of imide groups is 2. The van der Waals surface area contributed by atoms with Crippen molar-refractivity contribution in [1.29, 1.82) is 0 Å². The predicted molar refractivity (Wildman–Crippen MR) is 106 cm³/mol. The molecular weight excluding hydrogens is 366 g/mol. The minimum atomic E-state index is -0.815. The molecule has 1 aromatic carbocycles. The van der Waals surface area contributed by atoms with Gasteiger partial charge >= 0.3 is 6.03 Å². The van der Waals surface area contributed by atoms with E-state index < -0.39 is 17.8 Å². The topological polar surface area (TPSA) is 78.5 Å². The van der Waals surface area contributed by atoms with Crippen molar-refractivity contribution >= 4 is 41.2 Å². The van der Waals surface area contributed by atoms with Crippen molar-refractivity contribution in [2.24, 2.45) is 0 Å². The fraction of sp³-hybridized carbons (Fsp3) is 0.450. The molecule has 2 N–H and O–H groups in total. The second-order valence-corrected chi connectivity index (χ2v) is 8.20. The van der Waals surface area contributed by atoms with Gasteiger partial charge in [-0.15, -0.1) is 0 Å². The third-order valence-electron chi connectivity index (χ3n) is 5.19. The lowest BCUT2D eigenvalue weighted by Gasteiger charge is -2.47. The molecule has 6 nitrogen and oxygen atoms in total. The van der Waals surface area contributed by atoms with Crippen LogP contribution >= 0.6 is 11.6 Å². The van der Waals surface area contributed by atoms with Crippen molar-refractivity contribution in [2.45, 2.75) is 52.0 Å². The highest BCUT2D eigenvalue weighted by molar-refractivity contribution is 6.34. The van der Waals surface area contributed by atoms with E-state index in [1.807, 2.05) is 12.1 Å². The first-order valence-electron chi connectivity index (χ1n) is 9.13. The third kappa shape index (κ3) is 3.58. The minimum absolute atomic E-state index is 0.0231. The lowest BCUT2D eigenvalue weighted by Crippen LogP contribution is -2.51. The Morgan fingerprint density at radius 2 is 1.85 bits per heavy atom. The molecule has 1 fully saturated rings. The Morgan fingerprint density at radius 1 is 1.22 bits per heavy atom. The summed E-state index contributed by atoms with van der Waals surface area (Å²) in [7, 11) is 0. The number of rotatable bonds is 3. The van der Waals surface area contributed by atoms with Crippen LogP contribution in [0.3, 0.4) is 0 Å². The van der Waals surface area contributed by atoms with E-state index in [1.54, 1.807) is 0 Å². The molecule has 2 aliphatic heterocycles. The smallest absolute Gasteiger partial charge is 0.328 e. The van der Waals surface area contributed by atoms with Crippen molar-refractivity contribution in [3.05, 3.63) is 33.9 Å². The molecule has 0 spiro atoms. The van der Waals surface area contributed by atoms with Gasteiger partial charge in [0, 0.05) is 22.8 Å². The summed E-state index contributed by atoms with van der Waals surface area (Å²) in [5.74, 6) is -1.13. The first kappa shape index (κ1) is 19.4. The number of nitrogens with zero attached hydrogens (tertiary/aromatic N) is 1. The Kier molecular flexibility index (Phi) is 5.04. The summed E-state index contributed by atoms with van der Waals surface area (Å²) in [6.07, 6.45) is 3.46. The first-order valence-corrected chi connectivity index (χ1v) is 9.51. The monoisotopic (exact) mass is 389 g/mol. The van der Waals surface area contributed by atoms with Gasteiger partial charge in [-0.3, -0.25) is 20.2 Å². The molecule has 144 valence electrons. The predicted octanol–water partition coefficient (Wildman–Crippen LogP) is 3.59. The number of nitrogens with one attached hydrogen (secondary N) is 2. The van der Waals surface area contributed by atoms with Gasteiger partial charge in [-0.2, -0.15) is 0 Å². The van der Waals surface area contributed by atoms with Crippen LogP contribution < -0.4 is 15.5 Å². The van der Waals surface area contributed by atoms with Crippen LogP contribution in [0.5, 0.6) is 0 Å². The van der Waals surface area contributed by atoms with E-state index in [4.69, 9.17) is 11.6 Å². The van der Waals surface area contributed by atoms with Crippen LogP contribution in [-0.2, 0) is 9.59 Å². The number of benzene rings is 1. The Hall–Kier alpha value is -2.34. The van der Waals surface area contributed by atoms with Gasteiger partial charge in [0.15, 0.2) is 0 Å². The first-order chi connectivity index (χ1) is 12.6. The Morgan fingerprint density at radius 3 is 2.44 bits per heavy atom. The SMILES string of the molecule is CCCN1c2cc(Cl)c(C=C3C(=O)NC(=O)NC3=O)cc2C(C)CC1(C)C. The number of carbonyl (C=O) groups is 3. The van der Waals surface area contributed by atoms with Crippen molar-refractivity contribution in [2.75, 3.05) is 11.4 Å². The number of carbonyl (C=O) groups excluding carboxylic acids is 3. The van der Waals surface area contributed by atoms with E-state index in [9.17, 15) is 14.4 Å². The maximum atomic E-state index is 12.0. The molecule has 0 saturated carbocycles. The van der Waals surface area contributed by atoms with Gasteiger partial charge < -0.3 is 4.90 Å². The van der Waals surface area contributed by atoms with Crippen LogP contribution in [0.2, 0.25) is 5.02 Å². The number of amides is 4. The van der Waals surface area contributed by atoms with Gasteiger partial charge in [0.25, 0.3) is 11.8 Å². The zero-order valence-electron chi connectivity index (χ0n) is 16.0. The van der Waals surface area contributed by atoms with Gasteiger partial charge in [-0.25, -0.2) is 4.79 Å². The largest absolute Gasteiger partial charge is 0.366 e. The molecule has 1 unspecified atom stereocenters. The van der Waals surface area contributed by atoms with Crippen LogP contribution in [0.15, 0.2) is 17.7 Å². The molecule has 0 aromatic heterocycles. The van der Waals surface area contributed by atoms with Crippen molar-refractivity contribution in [3.8, 4) is 0 Å². The lowest BCUT2D eigenvalue weighted by molar-refractivity contribution is -0.123. The van der Waals surface area contributed by atoms with Crippen LogP contribution in [0, 0.1) is 0 Å². The normalized spacial score (nSPS) is 21.5. The second-order valence-electron chi connectivity index (χ2n) is 7.80. The highest BCUT2D eigenvalue weighted by atomic mass is 35.5. The fourth-order valence-electron chi connectivity index (χ4n) is 4.04. The summed E-state index contributed by atoms with van der Waals surface area (Å²) < 4.78 is 0. The summed E-state index contributed by atoms with van der Waals surface area (Å²) in [6, 6.07) is 3.05. The number of fused-ring (bicyclic) bond motifs is 1. The van der Waals surface area contributed by atoms with E-state index in [-0.39, 0.29) is 11.1 Å². The highest BCUT2D eigenvalue weighted by Gasteiger charge is 2.36. The number of halogens is 1. The molecule has 1 aromatic rings. The van der Waals surface area contributed by atoms with Crippen molar-refractivity contribution in [1.82, 2.24) is 10.6 Å². The number of hydrogen-bond acceptors (Lipinski definition) is 4. The maximum absolute atomic E-state index is 12.0. The summed E-state index contributed by atoms with van der Waals surface area (Å²) in [6.45, 7) is 9.72. The molecule has 0 radical (unpaired) electrons. The van der Waals surface area contributed by atoms with E-state index in [0.717, 1.165) is 30.6 Å². The molecule has 0 bridgehead atoms. The second kappa shape index (κ2) is 7.00. The number of urea groups is 1. The molecule has 0 aliphatic carbocycles. The van der Waals surface area contributed by atoms with Gasteiger partial charge in [0.1, 0.15) is 5.57 Å². The summed E-state index contributed by atoms with van der Waals surface area (Å²) >= 11 is 6.51. The quantitative estimate of drug-likeness (QED) is 0.611. The van der Waals surface area contributed by atoms with Crippen molar-refractivity contribution in [3.63, 3.8) is 0 Å². The molecule has 3 rings (SSSR count).